The summed E-state index contributed by atoms with van der Waals surface area (Å²) in [6.45, 7) is 2.51. The second kappa shape index (κ2) is 4.98. The Morgan fingerprint density at radius 2 is 1.86 bits per heavy atom. The van der Waals surface area contributed by atoms with Gasteiger partial charge in [-0.05, 0) is 24.6 Å². The van der Waals surface area contributed by atoms with Crippen LogP contribution in [0.5, 0.6) is 0 Å². The number of aliphatic hydroxyl groups is 2. The van der Waals surface area contributed by atoms with Gasteiger partial charge >= 0.3 is 0 Å². The van der Waals surface area contributed by atoms with Crippen LogP contribution in [0.1, 0.15) is 18.6 Å². The molecule has 0 saturated carbocycles. The normalized spacial score (nSPS) is 12.6. The Hall–Kier alpha value is -1.06. The van der Waals surface area contributed by atoms with E-state index in [1.165, 1.54) is 0 Å². The molecule has 0 aliphatic carbocycles. The van der Waals surface area contributed by atoms with Crippen molar-refractivity contribution in [1.29, 1.82) is 0 Å². The van der Waals surface area contributed by atoms with Crippen molar-refractivity contribution in [3.63, 3.8) is 0 Å². The van der Waals surface area contributed by atoms with E-state index in [4.69, 9.17) is 5.11 Å². The van der Waals surface area contributed by atoms with Gasteiger partial charge in [-0.15, -0.1) is 0 Å². The first kappa shape index (κ1) is 11.0. The maximum atomic E-state index is 9.30. The number of nitrogens with zero attached hydrogens (tertiary/aromatic N) is 1. The predicted octanol–water partition coefficient (Wildman–Crippen LogP) is 1.17. The molecule has 0 saturated heterocycles. The van der Waals surface area contributed by atoms with Crippen molar-refractivity contribution in [2.24, 2.45) is 0 Å². The van der Waals surface area contributed by atoms with Gasteiger partial charge in [0.05, 0.1) is 12.7 Å². The highest BCUT2D eigenvalue weighted by atomic mass is 16.3. The highest BCUT2D eigenvalue weighted by molar-refractivity contribution is 5.47. The van der Waals surface area contributed by atoms with Crippen LogP contribution in [-0.4, -0.2) is 30.4 Å². The second-order valence-corrected chi connectivity index (χ2v) is 3.41. The summed E-state index contributed by atoms with van der Waals surface area (Å²) >= 11 is 0. The van der Waals surface area contributed by atoms with Crippen molar-refractivity contribution in [3.8, 4) is 0 Å². The third kappa shape index (κ3) is 2.72. The number of hydrogen-bond donors (Lipinski definition) is 2. The van der Waals surface area contributed by atoms with E-state index in [0.717, 1.165) is 11.3 Å². The standard InChI is InChI=1S/C11H17NO2/c1-9(14)10-3-5-11(6-4-10)12(2)7-8-13/h3-6,9,13-14H,7-8H2,1-2H3/t9-/m0/s1. The minimum Gasteiger partial charge on any atom is -0.395 e. The molecule has 1 rings (SSSR count). The average Bonchev–Trinajstić information content (AvgIpc) is 2.18. The van der Waals surface area contributed by atoms with E-state index < -0.39 is 6.10 Å². The fourth-order valence-electron chi connectivity index (χ4n) is 1.29. The Labute approximate surface area is 84.6 Å². The van der Waals surface area contributed by atoms with Gasteiger partial charge in [0.25, 0.3) is 0 Å². The lowest BCUT2D eigenvalue weighted by Crippen LogP contribution is -2.20. The van der Waals surface area contributed by atoms with Crippen molar-refractivity contribution in [2.75, 3.05) is 25.1 Å². The molecule has 0 bridgehead atoms. The Morgan fingerprint density at radius 3 is 2.29 bits per heavy atom. The summed E-state index contributed by atoms with van der Waals surface area (Å²) in [5.74, 6) is 0. The first-order chi connectivity index (χ1) is 6.65. The molecule has 3 nitrogen and oxygen atoms in total. The molecule has 0 heterocycles. The number of likely N-dealkylation sites (N-methyl/N-ethyl adjacent to an activating group) is 1. The monoisotopic (exact) mass is 195 g/mol. The molecule has 0 unspecified atom stereocenters. The zero-order chi connectivity index (χ0) is 10.6. The summed E-state index contributed by atoms with van der Waals surface area (Å²) in [5.41, 5.74) is 1.95. The number of rotatable bonds is 4. The molecule has 1 atom stereocenters. The molecule has 78 valence electrons. The Balaban J connectivity index is 2.72. The maximum Gasteiger partial charge on any atom is 0.0761 e. The van der Waals surface area contributed by atoms with E-state index in [-0.39, 0.29) is 6.61 Å². The Bertz CT molecular complexity index is 269. The van der Waals surface area contributed by atoms with Crippen LogP contribution in [0.2, 0.25) is 0 Å². The van der Waals surface area contributed by atoms with Gasteiger partial charge in [0, 0.05) is 19.3 Å². The van der Waals surface area contributed by atoms with Gasteiger partial charge in [0.15, 0.2) is 0 Å². The fraction of sp³-hybridized carbons (Fsp3) is 0.455. The summed E-state index contributed by atoms with van der Waals surface area (Å²) in [4.78, 5) is 1.96. The van der Waals surface area contributed by atoms with E-state index in [1.54, 1.807) is 6.92 Å². The number of anilines is 1. The molecular formula is C11H17NO2. The van der Waals surface area contributed by atoms with Crippen molar-refractivity contribution >= 4 is 5.69 Å². The first-order valence-corrected chi connectivity index (χ1v) is 4.75. The lowest BCUT2D eigenvalue weighted by atomic mass is 10.1. The molecule has 3 heteroatoms. The Kier molecular flexibility index (Phi) is 3.92. The Morgan fingerprint density at radius 1 is 1.29 bits per heavy atom. The van der Waals surface area contributed by atoms with Gasteiger partial charge < -0.3 is 15.1 Å². The predicted molar refractivity (Wildman–Crippen MR) is 57.4 cm³/mol. The fourth-order valence-corrected chi connectivity index (χ4v) is 1.29. The van der Waals surface area contributed by atoms with Crippen LogP contribution >= 0.6 is 0 Å². The first-order valence-electron chi connectivity index (χ1n) is 4.75. The van der Waals surface area contributed by atoms with Crippen LogP contribution in [0, 0.1) is 0 Å². The van der Waals surface area contributed by atoms with E-state index >= 15 is 0 Å². The molecular weight excluding hydrogens is 178 g/mol. The van der Waals surface area contributed by atoms with Crippen molar-refractivity contribution in [3.05, 3.63) is 29.8 Å². The molecule has 14 heavy (non-hydrogen) atoms. The minimum atomic E-state index is -0.424. The number of aliphatic hydroxyl groups excluding tert-OH is 2. The molecule has 0 fully saturated rings. The second-order valence-electron chi connectivity index (χ2n) is 3.41. The summed E-state index contributed by atoms with van der Waals surface area (Å²) in [6, 6.07) is 7.68. The zero-order valence-electron chi connectivity index (χ0n) is 8.64. The van der Waals surface area contributed by atoms with Crippen LogP contribution in [0.4, 0.5) is 5.69 Å². The van der Waals surface area contributed by atoms with Crippen molar-refractivity contribution in [2.45, 2.75) is 13.0 Å². The zero-order valence-corrected chi connectivity index (χ0v) is 8.64. The third-order valence-corrected chi connectivity index (χ3v) is 2.25. The lowest BCUT2D eigenvalue weighted by Gasteiger charge is -2.18. The highest BCUT2D eigenvalue weighted by Gasteiger charge is 2.02. The van der Waals surface area contributed by atoms with Gasteiger partial charge in [0.2, 0.25) is 0 Å². The van der Waals surface area contributed by atoms with E-state index in [9.17, 15) is 5.11 Å². The summed E-state index contributed by atoms with van der Waals surface area (Å²) in [7, 11) is 1.92. The molecule has 0 aliphatic heterocycles. The molecule has 0 spiro atoms. The molecule has 0 aliphatic rings. The number of hydrogen-bond acceptors (Lipinski definition) is 3. The molecule has 0 radical (unpaired) electrons. The lowest BCUT2D eigenvalue weighted by molar-refractivity contribution is 0.199. The molecule has 0 aromatic heterocycles. The maximum absolute atomic E-state index is 9.30. The van der Waals surface area contributed by atoms with Crippen LogP contribution in [0.25, 0.3) is 0 Å². The van der Waals surface area contributed by atoms with E-state index in [2.05, 4.69) is 0 Å². The molecule has 2 N–H and O–H groups in total. The minimum absolute atomic E-state index is 0.147. The quantitative estimate of drug-likeness (QED) is 0.758. The van der Waals surface area contributed by atoms with Gasteiger partial charge in [-0.3, -0.25) is 0 Å². The van der Waals surface area contributed by atoms with Crippen molar-refractivity contribution < 1.29 is 10.2 Å². The van der Waals surface area contributed by atoms with Crippen LogP contribution in [0.15, 0.2) is 24.3 Å². The summed E-state index contributed by atoms with van der Waals surface area (Å²) in [5, 5.41) is 18.1. The summed E-state index contributed by atoms with van der Waals surface area (Å²) in [6.07, 6.45) is -0.424. The van der Waals surface area contributed by atoms with Crippen LogP contribution < -0.4 is 4.90 Å². The third-order valence-electron chi connectivity index (χ3n) is 2.25. The largest absolute Gasteiger partial charge is 0.395 e. The molecule has 1 aromatic carbocycles. The topological polar surface area (TPSA) is 43.7 Å². The van der Waals surface area contributed by atoms with Crippen molar-refractivity contribution in [1.82, 2.24) is 0 Å². The van der Waals surface area contributed by atoms with E-state index in [1.807, 2.05) is 36.2 Å². The summed E-state index contributed by atoms with van der Waals surface area (Å²) < 4.78 is 0. The SMILES string of the molecule is C[C@H](O)c1ccc(N(C)CCO)cc1. The van der Waals surface area contributed by atoms with Gasteiger partial charge in [-0.2, -0.15) is 0 Å². The van der Waals surface area contributed by atoms with E-state index in [0.29, 0.717) is 6.54 Å². The smallest absolute Gasteiger partial charge is 0.0761 e. The number of benzene rings is 1. The van der Waals surface area contributed by atoms with Gasteiger partial charge in [-0.1, -0.05) is 12.1 Å². The van der Waals surface area contributed by atoms with Crippen LogP contribution in [-0.2, 0) is 0 Å². The highest BCUT2D eigenvalue weighted by Crippen LogP contribution is 2.17. The van der Waals surface area contributed by atoms with Crippen LogP contribution in [0.3, 0.4) is 0 Å². The van der Waals surface area contributed by atoms with Gasteiger partial charge in [-0.25, -0.2) is 0 Å². The molecule has 1 aromatic rings. The average molecular weight is 195 g/mol. The van der Waals surface area contributed by atoms with Gasteiger partial charge in [0.1, 0.15) is 0 Å². The molecule has 0 amide bonds.